The molecule has 2 N–H and O–H groups in total. The SMILES string of the molecule is O=C(NN=Cc1cc(Cl)cc(Cl)c1O)c1ccc2c(c1)OCO2. The zero-order valence-electron chi connectivity index (χ0n) is 11.5. The van der Waals surface area contributed by atoms with E-state index in [1.807, 2.05) is 0 Å². The quantitative estimate of drug-likeness (QED) is 0.656. The Kier molecular flexibility index (Phi) is 4.27. The molecule has 0 spiro atoms. The Morgan fingerprint density at radius 3 is 2.83 bits per heavy atom. The van der Waals surface area contributed by atoms with Crippen molar-refractivity contribution in [2.75, 3.05) is 6.79 Å². The molecule has 0 unspecified atom stereocenters. The number of halogens is 2. The summed E-state index contributed by atoms with van der Waals surface area (Å²) < 4.78 is 10.4. The summed E-state index contributed by atoms with van der Waals surface area (Å²) in [6.07, 6.45) is 1.25. The summed E-state index contributed by atoms with van der Waals surface area (Å²) in [4.78, 5) is 12.0. The van der Waals surface area contributed by atoms with Gasteiger partial charge in [-0.25, -0.2) is 5.43 Å². The second-order valence-corrected chi connectivity index (χ2v) is 5.44. The number of fused-ring (bicyclic) bond motifs is 1. The van der Waals surface area contributed by atoms with Gasteiger partial charge in [0.15, 0.2) is 11.5 Å². The highest BCUT2D eigenvalue weighted by Gasteiger charge is 2.16. The fraction of sp³-hybridized carbons (Fsp3) is 0.0667. The Morgan fingerprint density at radius 1 is 1.22 bits per heavy atom. The summed E-state index contributed by atoms with van der Waals surface area (Å²) in [6.45, 7) is 0.132. The minimum Gasteiger partial charge on any atom is -0.506 e. The van der Waals surface area contributed by atoms with E-state index < -0.39 is 5.91 Å². The molecule has 1 aliphatic heterocycles. The molecule has 8 heteroatoms. The number of benzene rings is 2. The largest absolute Gasteiger partial charge is 0.506 e. The van der Waals surface area contributed by atoms with Crippen LogP contribution in [0.25, 0.3) is 0 Å². The summed E-state index contributed by atoms with van der Waals surface area (Å²) >= 11 is 11.6. The first kappa shape index (κ1) is 15.5. The number of hydrogen-bond acceptors (Lipinski definition) is 5. The van der Waals surface area contributed by atoms with Crippen molar-refractivity contribution in [3.05, 3.63) is 51.5 Å². The molecule has 0 aromatic heterocycles. The number of phenols is 1. The maximum Gasteiger partial charge on any atom is 0.271 e. The lowest BCUT2D eigenvalue weighted by molar-refractivity contribution is 0.0954. The van der Waals surface area contributed by atoms with Crippen molar-refractivity contribution in [1.82, 2.24) is 5.43 Å². The van der Waals surface area contributed by atoms with E-state index in [0.29, 0.717) is 22.1 Å². The van der Waals surface area contributed by atoms with Crippen LogP contribution < -0.4 is 14.9 Å². The predicted molar refractivity (Wildman–Crippen MR) is 85.8 cm³/mol. The van der Waals surface area contributed by atoms with Gasteiger partial charge in [-0.1, -0.05) is 23.2 Å². The maximum absolute atomic E-state index is 12.0. The average Bonchev–Trinajstić information content (AvgIpc) is 2.99. The molecule has 2 aromatic carbocycles. The maximum atomic E-state index is 12.0. The van der Waals surface area contributed by atoms with E-state index in [0.717, 1.165) is 0 Å². The van der Waals surface area contributed by atoms with Gasteiger partial charge in [0.05, 0.1) is 11.2 Å². The highest BCUT2D eigenvalue weighted by Crippen LogP contribution is 2.32. The van der Waals surface area contributed by atoms with Crippen molar-refractivity contribution in [3.63, 3.8) is 0 Å². The van der Waals surface area contributed by atoms with Gasteiger partial charge in [0.2, 0.25) is 6.79 Å². The van der Waals surface area contributed by atoms with Crippen LogP contribution in [0.4, 0.5) is 0 Å². The lowest BCUT2D eigenvalue weighted by atomic mass is 10.2. The molecule has 1 heterocycles. The standard InChI is InChI=1S/C15H10Cl2N2O4/c16-10-3-9(14(20)11(17)5-10)6-18-19-15(21)8-1-2-12-13(4-8)23-7-22-12/h1-6,20H,7H2,(H,19,21). The van der Waals surface area contributed by atoms with Gasteiger partial charge in [0, 0.05) is 16.1 Å². The molecular formula is C15H10Cl2N2O4. The molecule has 118 valence electrons. The fourth-order valence-corrected chi connectivity index (χ4v) is 2.46. The van der Waals surface area contributed by atoms with E-state index >= 15 is 0 Å². The third-order valence-corrected chi connectivity index (χ3v) is 3.57. The average molecular weight is 353 g/mol. The van der Waals surface area contributed by atoms with Crippen LogP contribution >= 0.6 is 23.2 Å². The normalized spacial score (nSPS) is 12.6. The number of ether oxygens (including phenoxy) is 2. The third kappa shape index (κ3) is 3.33. The van der Waals surface area contributed by atoms with Crippen molar-refractivity contribution < 1.29 is 19.4 Å². The number of nitrogens with zero attached hydrogens (tertiary/aromatic N) is 1. The zero-order chi connectivity index (χ0) is 16.4. The van der Waals surface area contributed by atoms with Gasteiger partial charge in [-0.2, -0.15) is 5.10 Å². The van der Waals surface area contributed by atoms with Crippen LogP contribution in [0, 0.1) is 0 Å². The molecular weight excluding hydrogens is 343 g/mol. The van der Waals surface area contributed by atoms with Crippen LogP contribution in [0.3, 0.4) is 0 Å². The highest BCUT2D eigenvalue weighted by molar-refractivity contribution is 6.36. The second kappa shape index (κ2) is 6.36. The number of hydrazone groups is 1. The van der Waals surface area contributed by atoms with Gasteiger partial charge in [0.1, 0.15) is 5.75 Å². The molecule has 3 rings (SSSR count). The van der Waals surface area contributed by atoms with Crippen LogP contribution in [0.2, 0.25) is 10.0 Å². The van der Waals surface area contributed by atoms with Crippen molar-refractivity contribution >= 4 is 35.3 Å². The summed E-state index contributed by atoms with van der Waals surface area (Å²) in [5.74, 6) is 0.480. The van der Waals surface area contributed by atoms with Gasteiger partial charge >= 0.3 is 0 Å². The Labute approximate surface area is 141 Å². The number of phenolic OH excluding ortho intramolecular Hbond substituents is 1. The molecule has 0 aliphatic carbocycles. The van der Waals surface area contributed by atoms with E-state index in [2.05, 4.69) is 10.5 Å². The van der Waals surface area contributed by atoms with Crippen LogP contribution in [0.15, 0.2) is 35.4 Å². The van der Waals surface area contributed by atoms with Crippen molar-refractivity contribution in [3.8, 4) is 17.2 Å². The third-order valence-electron chi connectivity index (χ3n) is 3.06. The van der Waals surface area contributed by atoms with E-state index in [4.69, 9.17) is 32.7 Å². The van der Waals surface area contributed by atoms with Crippen LogP contribution in [-0.2, 0) is 0 Å². The summed E-state index contributed by atoms with van der Waals surface area (Å²) in [5.41, 5.74) is 2.99. The fourth-order valence-electron chi connectivity index (χ4n) is 1.95. The Morgan fingerprint density at radius 2 is 2.00 bits per heavy atom. The number of amides is 1. The number of hydrogen-bond donors (Lipinski definition) is 2. The van der Waals surface area contributed by atoms with Gasteiger partial charge in [-0.05, 0) is 30.3 Å². The molecule has 1 amide bonds. The first-order valence-electron chi connectivity index (χ1n) is 6.45. The molecule has 0 atom stereocenters. The van der Waals surface area contributed by atoms with E-state index in [1.54, 1.807) is 18.2 Å². The van der Waals surface area contributed by atoms with Gasteiger partial charge < -0.3 is 14.6 Å². The van der Waals surface area contributed by atoms with Gasteiger partial charge in [-0.3, -0.25) is 4.79 Å². The highest BCUT2D eigenvalue weighted by atomic mass is 35.5. The van der Waals surface area contributed by atoms with Crippen molar-refractivity contribution in [1.29, 1.82) is 0 Å². The minimum absolute atomic E-state index is 0.0982. The number of aromatic hydroxyl groups is 1. The van der Waals surface area contributed by atoms with Gasteiger partial charge in [-0.15, -0.1) is 0 Å². The molecule has 1 aliphatic rings. The number of carbonyl (C=O) groups excluding carboxylic acids is 1. The van der Waals surface area contributed by atoms with Crippen LogP contribution in [-0.4, -0.2) is 24.0 Å². The minimum atomic E-state index is -0.438. The first-order valence-corrected chi connectivity index (χ1v) is 7.21. The molecule has 0 bridgehead atoms. The topological polar surface area (TPSA) is 80.2 Å². The van der Waals surface area contributed by atoms with Gasteiger partial charge in [0.25, 0.3) is 5.91 Å². The van der Waals surface area contributed by atoms with E-state index in [1.165, 1.54) is 18.3 Å². The molecule has 2 aromatic rings. The Hall–Kier alpha value is -2.44. The van der Waals surface area contributed by atoms with Crippen LogP contribution in [0.1, 0.15) is 15.9 Å². The lowest BCUT2D eigenvalue weighted by Crippen LogP contribution is -2.17. The predicted octanol–water partition coefficient (Wildman–Crippen LogP) is 3.19. The number of rotatable bonds is 3. The summed E-state index contributed by atoms with van der Waals surface area (Å²) in [7, 11) is 0. The Bertz CT molecular complexity index is 808. The zero-order valence-corrected chi connectivity index (χ0v) is 13.1. The second-order valence-electron chi connectivity index (χ2n) is 4.59. The monoisotopic (exact) mass is 352 g/mol. The first-order chi connectivity index (χ1) is 11.0. The lowest BCUT2D eigenvalue weighted by Gasteiger charge is -2.03. The smallest absolute Gasteiger partial charge is 0.271 e. The van der Waals surface area contributed by atoms with Crippen molar-refractivity contribution in [2.45, 2.75) is 0 Å². The van der Waals surface area contributed by atoms with Crippen LogP contribution in [0.5, 0.6) is 17.2 Å². The Balaban J connectivity index is 1.72. The molecule has 0 saturated carbocycles. The number of carbonyl (C=O) groups is 1. The summed E-state index contributed by atoms with van der Waals surface area (Å²) in [6, 6.07) is 7.66. The molecule has 0 radical (unpaired) electrons. The molecule has 0 fully saturated rings. The number of nitrogens with one attached hydrogen (secondary N) is 1. The summed E-state index contributed by atoms with van der Waals surface area (Å²) in [5, 5.41) is 14.0. The van der Waals surface area contributed by atoms with E-state index in [9.17, 15) is 9.90 Å². The molecule has 0 saturated heterocycles. The van der Waals surface area contributed by atoms with Crippen molar-refractivity contribution in [2.24, 2.45) is 5.10 Å². The molecule has 6 nitrogen and oxygen atoms in total. The van der Waals surface area contributed by atoms with E-state index in [-0.39, 0.29) is 23.1 Å². The molecule has 23 heavy (non-hydrogen) atoms.